The first kappa shape index (κ1) is 11.5. The predicted octanol–water partition coefficient (Wildman–Crippen LogP) is 1.65. The van der Waals surface area contributed by atoms with Gasteiger partial charge in [-0.3, -0.25) is 4.79 Å². The highest BCUT2D eigenvalue weighted by molar-refractivity contribution is 5.97. The Labute approximate surface area is 107 Å². The van der Waals surface area contributed by atoms with E-state index in [9.17, 15) is 4.79 Å². The van der Waals surface area contributed by atoms with Gasteiger partial charge in [-0.05, 0) is 43.1 Å². The number of hydrogen-bond donors (Lipinski definition) is 2. The summed E-state index contributed by atoms with van der Waals surface area (Å²) in [6.45, 7) is 3.81. The fourth-order valence-electron chi connectivity index (χ4n) is 3.08. The Hall–Kier alpha value is -1.55. The molecule has 1 saturated heterocycles. The van der Waals surface area contributed by atoms with E-state index in [1.807, 2.05) is 13.0 Å². The molecule has 1 aromatic rings. The van der Waals surface area contributed by atoms with E-state index in [2.05, 4.69) is 16.7 Å². The average Bonchev–Trinajstić information content (AvgIpc) is 2.40. The summed E-state index contributed by atoms with van der Waals surface area (Å²) in [6.07, 6.45) is 0.909. The predicted molar refractivity (Wildman–Crippen MR) is 70.1 cm³/mol. The lowest BCUT2D eigenvalue weighted by Crippen LogP contribution is -2.44. The number of aryl methyl sites for hydroxylation is 1. The zero-order valence-corrected chi connectivity index (χ0v) is 10.7. The van der Waals surface area contributed by atoms with Gasteiger partial charge in [0.15, 0.2) is 0 Å². The molecular weight excluding hydrogens is 228 g/mol. The van der Waals surface area contributed by atoms with Gasteiger partial charge in [0, 0.05) is 24.1 Å². The third kappa shape index (κ3) is 1.68. The molecule has 4 heteroatoms. The molecule has 0 radical (unpaired) electrons. The van der Waals surface area contributed by atoms with Crippen molar-refractivity contribution in [2.75, 3.05) is 25.5 Å². The van der Waals surface area contributed by atoms with Crippen molar-refractivity contribution in [3.05, 3.63) is 23.3 Å². The number of hydrogen-bond acceptors (Lipinski definition) is 3. The van der Waals surface area contributed by atoms with E-state index >= 15 is 0 Å². The number of anilines is 1. The van der Waals surface area contributed by atoms with Gasteiger partial charge in [0.25, 0.3) is 0 Å². The van der Waals surface area contributed by atoms with E-state index in [1.165, 1.54) is 5.56 Å². The molecule has 0 spiro atoms. The molecule has 1 fully saturated rings. The molecule has 18 heavy (non-hydrogen) atoms. The maximum absolute atomic E-state index is 12.1. The summed E-state index contributed by atoms with van der Waals surface area (Å²) < 4.78 is 5.33. The molecule has 4 nitrogen and oxygen atoms in total. The van der Waals surface area contributed by atoms with Crippen LogP contribution in [-0.4, -0.2) is 26.1 Å². The van der Waals surface area contributed by atoms with Crippen LogP contribution >= 0.6 is 0 Å². The Morgan fingerprint density at radius 1 is 1.33 bits per heavy atom. The summed E-state index contributed by atoms with van der Waals surface area (Å²) in [5, 5.41) is 6.44. The molecule has 0 saturated carbocycles. The zero-order chi connectivity index (χ0) is 12.7. The highest BCUT2D eigenvalue weighted by atomic mass is 16.5. The molecule has 2 N–H and O–H groups in total. The first-order valence-electron chi connectivity index (χ1n) is 6.41. The topological polar surface area (TPSA) is 50.4 Å². The minimum absolute atomic E-state index is 0.102. The van der Waals surface area contributed by atoms with Gasteiger partial charge in [-0.15, -0.1) is 0 Å². The average molecular weight is 246 g/mol. The lowest BCUT2D eigenvalue weighted by atomic mass is 9.77. The number of piperidine rings is 1. The molecule has 96 valence electrons. The van der Waals surface area contributed by atoms with Crippen molar-refractivity contribution < 1.29 is 9.53 Å². The van der Waals surface area contributed by atoms with Crippen LogP contribution in [0.15, 0.2) is 12.1 Å². The molecule has 0 aliphatic carbocycles. The zero-order valence-electron chi connectivity index (χ0n) is 10.7. The first-order valence-corrected chi connectivity index (χ1v) is 6.41. The van der Waals surface area contributed by atoms with Gasteiger partial charge < -0.3 is 15.4 Å². The van der Waals surface area contributed by atoms with Crippen LogP contribution < -0.4 is 15.4 Å². The third-order valence-corrected chi connectivity index (χ3v) is 4.04. The van der Waals surface area contributed by atoms with Crippen molar-refractivity contribution in [2.24, 2.45) is 5.92 Å². The van der Waals surface area contributed by atoms with Crippen molar-refractivity contribution in [2.45, 2.75) is 19.3 Å². The van der Waals surface area contributed by atoms with E-state index in [0.717, 1.165) is 36.5 Å². The largest absolute Gasteiger partial charge is 0.497 e. The summed E-state index contributed by atoms with van der Waals surface area (Å²) in [6, 6.07) is 4.03. The molecule has 1 aromatic carbocycles. The SMILES string of the molecule is COc1cc(C)c2c(c1)C1CNCCC1C(=O)N2. The second kappa shape index (κ2) is 4.28. The number of amides is 1. The summed E-state index contributed by atoms with van der Waals surface area (Å²) in [4.78, 5) is 12.1. The first-order chi connectivity index (χ1) is 8.70. The van der Waals surface area contributed by atoms with Crippen molar-refractivity contribution in [1.82, 2.24) is 5.32 Å². The number of fused-ring (bicyclic) bond motifs is 3. The van der Waals surface area contributed by atoms with Crippen molar-refractivity contribution in [3.63, 3.8) is 0 Å². The molecule has 0 bridgehead atoms. The van der Waals surface area contributed by atoms with Gasteiger partial charge in [-0.1, -0.05) is 0 Å². The second-order valence-corrected chi connectivity index (χ2v) is 5.10. The van der Waals surface area contributed by atoms with Gasteiger partial charge in [0.1, 0.15) is 5.75 Å². The molecule has 2 aliphatic heterocycles. The normalized spacial score (nSPS) is 26.0. The van der Waals surface area contributed by atoms with E-state index in [1.54, 1.807) is 7.11 Å². The van der Waals surface area contributed by atoms with Gasteiger partial charge >= 0.3 is 0 Å². The molecule has 2 aliphatic rings. The summed E-state index contributed by atoms with van der Waals surface area (Å²) in [7, 11) is 1.68. The lowest BCUT2D eigenvalue weighted by Gasteiger charge is -2.37. The highest BCUT2D eigenvalue weighted by Gasteiger charge is 2.38. The van der Waals surface area contributed by atoms with E-state index in [0.29, 0.717) is 0 Å². The number of benzene rings is 1. The minimum atomic E-state index is 0.102. The Bertz CT molecular complexity index is 499. The Kier molecular flexibility index (Phi) is 2.74. The molecule has 1 amide bonds. The quantitative estimate of drug-likeness (QED) is 0.792. The number of carbonyl (C=O) groups excluding carboxylic acids is 1. The molecule has 2 atom stereocenters. The molecule has 3 rings (SSSR count). The maximum Gasteiger partial charge on any atom is 0.228 e. The van der Waals surface area contributed by atoms with E-state index < -0.39 is 0 Å². The molecule has 0 aromatic heterocycles. The van der Waals surface area contributed by atoms with Gasteiger partial charge in [0.05, 0.1) is 7.11 Å². The second-order valence-electron chi connectivity index (χ2n) is 5.10. The Balaban J connectivity index is 2.11. The van der Waals surface area contributed by atoms with Crippen molar-refractivity contribution >= 4 is 11.6 Å². The van der Waals surface area contributed by atoms with Crippen LogP contribution in [0.4, 0.5) is 5.69 Å². The highest BCUT2D eigenvalue weighted by Crippen LogP contribution is 2.42. The summed E-state index contributed by atoms with van der Waals surface area (Å²) >= 11 is 0. The van der Waals surface area contributed by atoms with Gasteiger partial charge in [-0.2, -0.15) is 0 Å². The Morgan fingerprint density at radius 3 is 2.94 bits per heavy atom. The summed E-state index contributed by atoms with van der Waals surface area (Å²) in [5.74, 6) is 1.41. The van der Waals surface area contributed by atoms with Crippen LogP contribution in [0.5, 0.6) is 5.75 Å². The summed E-state index contributed by atoms with van der Waals surface area (Å²) in [5.41, 5.74) is 3.26. The Morgan fingerprint density at radius 2 is 2.17 bits per heavy atom. The molecular formula is C14H18N2O2. The molecule has 2 heterocycles. The van der Waals surface area contributed by atoms with Crippen LogP contribution in [0.2, 0.25) is 0 Å². The number of carbonyl (C=O) groups is 1. The lowest BCUT2D eigenvalue weighted by molar-refractivity contribution is -0.121. The number of methoxy groups -OCH3 is 1. The van der Waals surface area contributed by atoms with Crippen LogP contribution in [0.25, 0.3) is 0 Å². The van der Waals surface area contributed by atoms with Crippen LogP contribution in [-0.2, 0) is 4.79 Å². The van der Waals surface area contributed by atoms with Crippen LogP contribution in [0, 0.1) is 12.8 Å². The van der Waals surface area contributed by atoms with Crippen molar-refractivity contribution in [3.8, 4) is 5.75 Å². The third-order valence-electron chi connectivity index (χ3n) is 4.04. The fourth-order valence-corrected chi connectivity index (χ4v) is 3.08. The standard InChI is InChI=1S/C14H18N2O2/c1-8-5-9(18-2)6-11-12-7-15-4-3-10(12)14(17)16-13(8)11/h5-6,10,12,15H,3-4,7H2,1-2H3,(H,16,17). The molecule has 2 unspecified atom stereocenters. The van der Waals surface area contributed by atoms with E-state index in [-0.39, 0.29) is 17.7 Å². The smallest absolute Gasteiger partial charge is 0.228 e. The number of ether oxygens (including phenoxy) is 1. The monoisotopic (exact) mass is 246 g/mol. The maximum atomic E-state index is 12.1. The van der Waals surface area contributed by atoms with Crippen LogP contribution in [0.1, 0.15) is 23.5 Å². The number of nitrogens with one attached hydrogen (secondary N) is 2. The number of rotatable bonds is 1. The van der Waals surface area contributed by atoms with Gasteiger partial charge in [-0.25, -0.2) is 0 Å². The van der Waals surface area contributed by atoms with Gasteiger partial charge in [0.2, 0.25) is 5.91 Å². The van der Waals surface area contributed by atoms with Crippen molar-refractivity contribution in [1.29, 1.82) is 0 Å². The minimum Gasteiger partial charge on any atom is -0.497 e. The fraction of sp³-hybridized carbons (Fsp3) is 0.500. The van der Waals surface area contributed by atoms with Crippen LogP contribution in [0.3, 0.4) is 0 Å². The van der Waals surface area contributed by atoms with E-state index in [4.69, 9.17) is 4.74 Å².